The molecular weight excluding hydrogens is 232 g/mol. The van der Waals surface area contributed by atoms with Crippen molar-refractivity contribution in [2.24, 2.45) is 5.73 Å². The second kappa shape index (κ2) is 3.24. The second-order valence-corrected chi connectivity index (χ2v) is 5.07. The normalized spacial score (nSPS) is 16.9. The number of amides is 1. The fourth-order valence-electron chi connectivity index (χ4n) is 1.35. The van der Waals surface area contributed by atoms with E-state index in [9.17, 15) is 18.3 Å². The number of hydrogen-bond donors (Lipinski definition) is 3. The SMILES string of the molecule is NC(=O)c1ccc2c(c1)S(=O)(=O)C(O)=CN2. The molecule has 0 aliphatic carbocycles. The predicted molar refractivity (Wildman–Crippen MR) is 56.5 cm³/mol. The van der Waals surface area contributed by atoms with E-state index in [1.807, 2.05) is 0 Å². The van der Waals surface area contributed by atoms with Gasteiger partial charge < -0.3 is 16.2 Å². The average Bonchev–Trinajstić information content (AvgIpc) is 2.23. The molecule has 2 rings (SSSR count). The molecule has 84 valence electrons. The Bertz CT molecular complexity index is 604. The van der Waals surface area contributed by atoms with E-state index in [-0.39, 0.29) is 10.5 Å². The van der Waals surface area contributed by atoms with E-state index in [0.717, 1.165) is 12.3 Å². The predicted octanol–water partition coefficient (Wildman–Crippen LogP) is 0.342. The van der Waals surface area contributed by atoms with Crippen molar-refractivity contribution >= 4 is 21.4 Å². The van der Waals surface area contributed by atoms with Crippen LogP contribution >= 0.6 is 0 Å². The van der Waals surface area contributed by atoms with Gasteiger partial charge in [-0.15, -0.1) is 0 Å². The molecule has 1 aliphatic rings. The Morgan fingerprint density at radius 3 is 2.69 bits per heavy atom. The molecule has 16 heavy (non-hydrogen) atoms. The number of aliphatic hydroxyl groups is 1. The van der Waals surface area contributed by atoms with Gasteiger partial charge in [-0.2, -0.15) is 0 Å². The standard InChI is InChI=1S/C9H8N2O4S/c10-9(13)5-1-2-6-7(3-5)16(14,15)8(12)4-11-6/h1-4,11-12H,(H2,10,13). The molecule has 0 radical (unpaired) electrons. The lowest BCUT2D eigenvalue weighted by molar-refractivity contribution is 0.1000. The fraction of sp³-hybridized carbons (Fsp3) is 0. The monoisotopic (exact) mass is 240 g/mol. The number of rotatable bonds is 1. The zero-order valence-corrected chi connectivity index (χ0v) is 8.78. The molecule has 0 spiro atoms. The number of aliphatic hydroxyl groups excluding tert-OH is 1. The molecule has 1 amide bonds. The molecule has 0 aromatic heterocycles. The molecule has 1 heterocycles. The minimum atomic E-state index is -3.93. The summed E-state index contributed by atoms with van der Waals surface area (Å²) in [5, 5.41) is 11.0. The minimum absolute atomic E-state index is 0.0684. The van der Waals surface area contributed by atoms with Crippen LogP contribution in [0.25, 0.3) is 0 Å². The van der Waals surface area contributed by atoms with Crippen LogP contribution in [0.15, 0.2) is 34.4 Å². The summed E-state index contributed by atoms with van der Waals surface area (Å²) >= 11 is 0. The van der Waals surface area contributed by atoms with Crippen LogP contribution in [0.3, 0.4) is 0 Å². The number of benzene rings is 1. The van der Waals surface area contributed by atoms with Crippen molar-refractivity contribution in [1.29, 1.82) is 0 Å². The number of nitrogens with one attached hydrogen (secondary N) is 1. The molecule has 0 saturated carbocycles. The quantitative estimate of drug-likeness (QED) is 0.655. The van der Waals surface area contributed by atoms with Crippen LogP contribution in [0.5, 0.6) is 0 Å². The average molecular weight is 240 g/mol. The van der Waals surface area contributed by atoms with Gasteiger partial charge in [-0.05, 0) is 18.2 Å². The van der Waals surface area contributed by atoms with Crippen LogP contribution in [0.4, 0.5) is 5.69 Å². The van der Waals surface area contributed by atoms with Crippen LogP contribution < -0.4 is 11.1 Å². The summed E-state index contributed by atoms with van der Waals surface area (Å²) in [4.78, 5) is 10.7. The van der Waals surface area contributed by atoms with Gasteiger partial charge in [0.25, 0.3) is 0 Å². The van der Waals surface area contributed by atoms with Crippen molar-refractivity contribution < 1.29 is 18.3 Å². The largest absolute Gasteiger partial charge is 0.497 e. The van der Waals surface area contributed by atoms with Gasteiger partial charge in [-0.25, -0.2) is 8.42 Å². The van der Waals surface area contributed by atoms with Crippen molar-refractivity contribution in [3.63, 3.8) is 0 Å². The van der Waals surface area contributed by atoms with Crippen LogP contribution in [-0.2, 0) is 9.84 Å². The Labute approximate surface area is 91.3 Å². The van der Waals surface area contributed by atoms with E-state index in [4.69, 9.17) is 5.73 Å². The summed E-state index contributed by atoms with van der Waals surface area (Å²) in [6.07, 6.45) is 0.974. The highest BCUT2D eigenvalue weighted by atomic mass is 32.2. The number of carbonyl (C=O) groups is 1. The molecule has 6 nitrogen and oxygen atoms in total. The molecule has 1 aromatic rings. The Hall–Kier alpha value is -2.02. The van der Waals surface area contributed by atoms with Gasteiger partial charge in [0.1, 0.15) is 0 Å². The Balaban J connectivity index is 2.69. The first kappa shape index (κ1) is 10.5. The summed E-state index contributed by atoms with van der Waals surface area (Å²) < 4.78 is 23.3. The summed E-state index contributed by atoms with van der Waals surface area (Å²) in [5.41, 5.74) is 5.40. The van der Waals surface area contributed by atoms with Crippen molar-refractivity contribution in [3.05, 3.63) is 35.1 Å². The van der Waals surface area contributed by atoms with E-state index in [1.54, 1.807) is 0 Å². The highest BCUT2D eigenvalue weighted by Crippen LogP contribution is 2.30. The smallest absolute Gasteiger partial charge is 0.248 e. The topological polar surface area (TPSA) is 109 Å². The van der Waals surface area contributed by atoms with Gasteiger partial charge in [0.15, 0.2) is 0 Å². The number of sulfone groups is 1. The van der Waals surface area contributed by atoms with Crippen molar-refractivity contribution in [3.8, 4) is 0 Å². The van der Waals surface area contributed by atoms with Crippen molar-refractivity contribution in [2.45, 2.75) is 4.90 Å². The van der Waals surface area contributed by atoms with Crippen LogP contribution in [0.1, 0.15) is 10.4 Å². The van der Waals surface area contributed by atoms with Crippen LogP contribution in [-0.4, -0.2) is 19.4 Å². The lowest BCUT2D eigenvalue weighted by Crippen LogP contribution is -2.17. The van der Waals surface area contributed by atoms with E-state index < -0.39 is 20.8 Å². The number of carbonyl (C=O) groups excluding carboxylic acids is 1. The lowest BCUT2D eigenvalue weighted by atomic mass is 10.2. The molecule has 0 atom stereocenters. The molecule has 0 unspecified atom stereocenters. The minimum Gasteiger partial charge on any atom is -0.497 e. The highest BCUT2D eigenvalue weighted by molar-refractivity contribution is 7.95. The summed E-state index contributed by atoms with van der Waals surface area (Å²) in [7, 11) is -3.93. The van der Waals surface area contributed by atoms with Gasteiger partial charge in [-0.1, -0.05) is 0 Å². The van der Waals surface area contributed by atoms with Gasteiger partial charge in [0, 0.05) is 5.56 Å². The number of nitrogens with two attached hydrogens (primary N) is 1. The lowest BCUT2D eigenvalue weighted by Gasteiger charge is -2.15. The first-order chi connectivity index (χ1) is 7.43. The van der Waals surface area contributed by atoms with Crippen LogP contribution in [0, 0.1) is 0 Å². The highest BCUT2D eigenvalue weighted by Gasteiger charge is 2.27. The van der Waals surface area contributed by atoms with Crippen molar-refractivity contribution in [1.82, 2.24) is 0 Å². The maximum absolute atomic E-state index is 11.7. The molecule has 0 fully saturated rings. The summed E-state index contributed by atoms with van der Waals surface area (Å²) in [5.74, 6) is -0.730. The number of primary amides is 1. The Morgan fingerprint density at radius 1 is 1.38 bits per heavy atom. The van der Waals surface area contributed by atoms with E-state index in [1.165, 1.54) is 12.1 Å². The molecule has 4 N–H and O–H groups in total. The Morgan fingerprint density at radius 2 is 2.06 bits per heavy atom. The number of fused-ring (bicyclic) bond motifs is 1. The first-order valence-electron chi connectivity index (χ1n) is 4.27. The van der Waals surface area contributed by atoms with Crippen molar-refractivity contribution in [2.75, 3.05) is 5.32 Å². The van der Waals surface area contributed by atoms with E-state index in [2.05, 4.69) is 5.32 Å². The Kier molecular flexibility index (Phi) is 2.13. The van der Waals surface area contributed by atoms with E-state index >= 15 is 0 Å². The molecule has 1 aromatic carbocycles. The van der Waals surface area contributed by atoms with E-state index in [0.29, 0.717) is 5.69 Å². The fourth-order valence-corrected chi connectivity index (χ4v) is 2.48. The van der Waals surface area contributed by atoms with Gasteiger partial charge in [0.2, 0.25) is 20.8 Å². The molecule has 7 heteroatoms. The third kappa shape index (κ3) is 1.41. The third-order valence-electron chi connectivity index (χ3n) is 2.18. The first-order valence-corrected chi connectivity index (χ1v) is 5.76. The van der Waals surface area contributed by atoms with Gasteiger partial charge in [-0.3, -0.25) is 4.79 Å². The van der Waals surface area contributed by atoms with Gasteiger partial charge in [0.05, 0.1) is 16.8 Å². The molecule has 0 saturated heterocycles. The second-order valence-electron chi connectivity index (χ2n) is 3.21. The number of anilines is 1. The molecule has 0 bridgehead atoms. The zero-order chi connectivity index (χ0) is 11.9. The maximum Gasteiger partial charge on any atom is 0.248 e. The summed E-state index contributed by atoms with van der Waals surface area (Å²) in [6, 6.07) is 3.94. The zero-order valence-electron chi connectivity index (χ0n) is 7.97. The maximum atomic E-state index is 11.7. The third-order valence-corrected chi connectivity index (χ3v) is 3.77. The number of hydrogen-bond acceptors (Lipinski definition) is 5. The van der Waals surface area contributed by atoms with Gasteiger partial charge >= 0.3 is 0 Å². The summed E-state index contributed by atoms with van der Waals surface area (Å²) in [6.45, 7) is 0. The molecule has 1 aliphatic heterocycles. The van der Waals surface area contributed by atoms with Crippen LogP contribution in [0.2, 0.25) is 0 Å². The molecular formula is C9H8N2O4S.